The highest BCUT2D eigenvalue weighted by Crippen LogP contribution is 2.32. The molecule has 0 amide bonds. The smallest absolute Gasteiger partial charge is 0.397 e. The molecule has 0 rings (SSSR count). The molecule has 0 aromatic heterocycles. The summed E-state index contributed by atoms with van der Waals surface area (Å²) in [5.41, 5.74) is 0. The van der Waals surface area contributed by atoms with E-state index in [0.717, 1.165) is 6.26 Å². The summed E-state index contributed by atoms with van der Waals surface area (Å²) >= 11 is 0. The van der Waals surface area contributed by atoms with Crippen LogP contribution in [0, 0.1) is 0 Å². The van der Waals surface area contributed by atoms with Crippen molar-refractivity contribution in [2.45, 2.75) is 46.2 Å². The second kappa shape index (κ2) is 15.6. The maximum atomic E-state index is 11.3. The van der Waals surface area contributed by atoms with Crippen molar-refractivity contribution in [2.75, 3.05) is 6.61 Å². The molecular formula is C10H17F11O2. The van der Waals surface area contributed by atoms with Crippen molar-refractivity contribution in [3.05, 3.63) is 12.8 Å². The van der Waals surface area contributed by atoms with Crippen LogP contribution in [0.1, 0.15) is 27.7 Å². The largest absolute Gasteiger partial charge is 0.501 e. The molecule has 0 saturated heterocycles. The molecule has 0 aromatic carbocycles. The lowest BCUT2D eigenvalue weighted by atomic mass is 10.4. The van der Waals surface area contributed by atoms with Crippen molar-refractivity contribution in [3.8, 4) is 0 Å². The van der Waals surface area contributed by atoms with Gasteiger partial charge in [-0.15, -0.1) is 4.94 Å². The third-order valence-corrected chi connectivity index (χ3v) is 1.14. The van der Waals surface area contributed by atoms with Gasteiger partial charge in [0, 0.05) is 9.15 Å². The van der Waals surface area contributed by atoms with Crippen LogP contribution in [0.5, 0.6) is 0 Å². The van der Waals surface area contributed by atoms with Crippen LogP contribution in [-0.4, -0.2) is 25.1 Å². The Morgan fingerprint density at radius 1 is 0.826 bits per heavy atom. The summed E-state index contributed by atoms with van der Waals surface area (Å²) in [5.74, 6) is 0. The quantitative estimate of drug-likeness (QED) is 0.303. The second-order valence-electron chi connectivity index (χ2n) is 2.91. The fourth-order valence-corrected chi connectivity index (χ4v) is 0.519. The van der Waals surface area contributed by atoms with Crippen LogP contribution in [0.2, 0.25) is 0 Å². The first kappa shape index (κ1) is 33.4. The third-order valence-electron chi connectivity index (χ3n) is 1.14. The number of hydrogen-bond donors (Lipinski definition) is 0. The molecule has 0 fully saturated rings. The molecule has 146 valence electrons. The summed E-state index contributed by atoms with van der Waals surface area (Å²) in [5, 5.41) is 0. The average molecular weight is 378 g/mol. The first-order chi connectivity index (χ1) is 9.33. The van der Waals surface area contributed by atoms with Gasteiger partial charge in [-0.1, -0.05) is 21.4 Å². The Labute approximate surface area is 125 Å². The Hall–Kier alpha value is -1.27. The van der Waals surface area contributed by atoms with E-state index in [1.807, 2.05) is 0 Å². The topological polar surface area (TPSA) is 18.5 Å². The maximum Gasteiger partial charge on any atom is 0.397 e. The number of rotatable bonds is 5. The molecule has 2 nitrogen and oxygen atoms in total. The Morgan fingerprint density at radius 2 is 1.22 bits per heavy atom. The zero-order chi connectivity index (χ0) is 17.7. The van der Waals surface area contributed by atoms with E-state index in [1.165, 1.54) is 0 Å². The van der Waals surface area contributed by atoms with Crippen molar-refractivity contribution in [1.82, 2.24) is 0 Å². The summed E-state index contributed by atoms with van der Waals surface area (Å²) in [6.45, 7) is 2.75. The van der Waals surface area contributed by atoms with Crippen molar-refractivity contribution in [3.63, 3.8) is 0 Å². The van der Waals surface area contributed by atoms with Gasteiger partial charge < -0.3 is 4.74 Å². The highest BCUT2D eigenvalue weighted by Gasteiger charge is 2.45. The highest BCUT2D eigenvalue weighted by molar-refractivity contribution is 4.58. The number of halogens is 11. The van der Waals surface area contributed by atoms with Crippen LogP contribution in [0.3, 0.4) is 0 Å². The molecule has 13 heteroatoms. The monoisotopic (exact) mass is 378 g/mol. The third kappa shape index (κ3) is 38.6. The lowest BCUT2D eigenvalue weighted by molar-refractivity contribution is -0.379. The van der Waals surface area contributed by atoms with E-state index in [2.05, 4.69) is 11.3 Å². The molecule has 23 heavy (non-hydrogen) atoms. The Bertz CT molecular complexity index is 250. The molecule has 0 aliphatic carbocycles. The van der Waals surface area contributed by atoms with Crippen LogP contribution < -0.4 is 0 Å². The Morgan fingerprint density at radius 3 is 1.39 bits per heavy atom. The molecule has 0 aliphatic heterocycles. The van der Waals surface area contributed by atoms with E-state index in [1.54, 1.807) is 4.94 Å². The first-order valence-electron chi connectivity index (χ1n) is 4.51. The van der Waals surface area contributed by atoms with E-state index < -0.39 is 31.3 Å². The minimum Gasteiger partial charge on any atom is -0.501 e. The van der Waals surface area contributed by atoms with E-state index in [-0.39, 0.29) is 21.5 Å². The molecule has 0 saturated carbocycles. The van der Waals surface area contributed by atoms with Crippen molar-refractivity contribution < 1.29 is 58.5 Å². The highest BCUT2D eigenvalue weighted by atomic mass is 20.0. The van der Waals surface area contributed by atoms with Gasteiger partial charge in [-0.3, -0.25) is 0 Å². The average Bonchev–Trinajstić information content (AvgIpc) is 2.28. The van der Waals surface area contributed by atoms with Gasteiger partial charge in [0.15, 0.2) is 0 Å². The molecule has 0 aromatic rings. The predicted octanol–water partition coefficient (Wildman–Crippen LogP) is 6.64. The van der Waals surface area contributed by atoms with Gasteiger partial charge in [0.1, 0.15) is 6.42 Å². The van der Waals surface area contributed by atoms with Crippen molar-refractivity contribution in [2.24, 2.45) is 0 Å². The Balaban J connectivity index is -0.0000000787. The van der Waals surface area contributed by atoms with Crippen LogP contribution in [0.25, 0.3) is 0 Å². The van der Waals surface area contributed by atoms with Crippen molar-refractivity contribution >= 4 is 0 Å². The van der Waals surface area contributed by atoms with Crippen LogP contribution >= 0.6 is 0 Å². The lowest BCUT2D eigenvalue weighted by Crippen LogP contribution is -2.26. The predicted molar refractivity (Wildman–Crippen MR) is 60.3 cm³/mol. The normalized spacial score (nSPS) is 10.6. The molecule has 0 spiro atoms. The molecule has 0 heterocycles. The van der Waals surface area contributed by atoms with Gasteiger partial charge in [0.25, 0.3) is 0 Å². The van der Waals surface area contributed by atoms with Gasteiger partial charge in [0.05, 0.1) is 19.3 Å². The maximum absolute atomic E-state index is 11.3. The summed E-state index contributed by atoms with van der Waals surface area (Å²) in [6.07, 6.45) is -16.6. The molecule has 0 radical (unpaired) electrons. The van der Waals surface area contributed by atoms with Gasteiger partial charge in [-0.25, -0.2) is 0 Å². The van der Waals surface area contributed by atoms with Crippen molar-refractivity contribution in [1.29, 1.82) is 0 Å². The lowest BCUT2D eigenvalue weighted by Gasteiger charge is -2.11. The van der Waals surface area contributed by atoms with E-state index in [4.69, 9.17) is 9.15 Å². The first-order valence-corrected chi connectivity index (χ1v) is 4.51. The standard InChI is InChI=1S/C5H7F3O.C3H2F6O.2CH4.F2/c1-2-9-4-3-5(6,7)8;4-2(5,6)1-3(7,8)10-9;;;1-2/h2H,1,3-4H2;1H2;2*1H4;. The van der Waals surface area contributed by atoms with E-state index in [0.29, 0.717) is 0 Å². The minimum atomic E-state index is -5.13. The van der Waals surface area contributed by atoms with Gasteiger partial charge in [-0.05, 0) is 4.53 Å². The number of hydrogen-bond acceptors (Lipinski definition) is 2. The minimum absolute atomic E-state index is 0. The van der Waals surface area contributed by atoms with Gasteiger partial charge in [0.2, 0.25) is 0 Å². The molecular weight excluding hydrogens is 361 g/mol. The zero-order valence-electron chi connectivity index (χ0n) is 9.88. The van der Waals surface area contributed by atoms with Crippen LogP contribution in [0.4, 0.5) is 48.8 Å². The van der Waals surface area contributed by atoms with Crippen LogP contribution in [-0.2, 0) is 9.68 Å². The molecule has 0 aliphatic rings. The summed E-state index contributed by atoms with van der Waals surface area (Å²) in [4.78, 5) is 1.76. The summed E-state index contributed by atoms with van der Waals surface area (Å²) in [7, 11) is 0. The molecule has 0 N–H and O–H groups in total. The SMILES string of the molecule is C.C.C=COCCC(F)(F)F.FF.FOC(F)(F)CC(F)(F)F. The summed E-state index contributed by atoms with van der Waals surface area (Å²) < 4.78 is 120. The summed E-state index contributed by atoms with van der Waals surface area (Å²) in [6, 6.07) is 0. The van der Waals surface area contributed by atoms with Gasteiger partial charge >= 0.3 is 18.5 Å². The fraction of sp³-hybridized carbons (Fsp3) is 0.800. The van der Waals surface area contributed by atoms with Gasteiger partial charge in [-0.2, -0.15) is 35.1 Å². The van der Waals surface area contributed by atoms with E-state index >= 15 is 0 Å². The molecule has 0 atom stereocenters. The zero-order valence-corrected chi connectivity index (χ0v) is 9.88. The number of alkyl halides is 8. The molecule has 0 unspecified atom stereocenters. The Kier molecular flexibility index (Phi) is 22.7. The molecule has 0 bridgehead atoms. The van der Waals surface area contributed by atoms with Crippen LogP contribution in [0.15, 0.2) is 12.8 Å². The number of ether oxygens (including phenoxy) is 1. The fourth-order valence-electron chi connectivity index (χ4n) is 0.519. The van der Waals surface area contributed by atoms with E-state index in [9.17, 15) is 39.6 Å². The second-order valence-corrected chi connectivity index (χ2v) is 2.91.